The van der Waals surface area contributed by atoms with E-state index >= 15 is 0 Å². The Labute approximate surface area is 113 Å². The minimum atomic E-state index is -0.578. The number of nitrogens with zero attached hydrogens (tertiary/aromatic N) is 2. The zero-order chi connectivity index (χ0) is 13.4. The van der Waals surface area contributed by atoms with Crippen LogP contribution in [0, 0.1) is 13.8 Å². The molecule has 2 aromatic rings. The fraction of sp³-hybridized carbons (Fsp3) is 0.167. The van der Waals surface area contributed by atoms with Crippen LogP contribution in [-0.2, 0) is 0 Å². The predicted octanol–water partition coefficient (Wildman–Crippen LogP) is 1.93. The summed E-state index contributed by atoms with van der Waals surface area (Å²) in [5, 5.41) is 4.13. The maximum absolute atomic E-state index is 11.2. The van der Waals surface area contributed by atoms with E-state index in [-0.39, 0.29) is 11.4 Å². The molecule has 0 fully saturated rings. The van der Waals surface area contributed by atoms with E-state index in [4.69, 9.17) is 11.5 Å². The molecule has 5 nitrogen and oxygen atoms in total. The van der Waals surface area contributed by atoms with Crippen molar-refractivity contribution in [1.82, 2.24) is 9.78 Å². The van der Waals surface area contributed by atoms with Crippen molar-refractivity contribution in [3.8, 4) is 5.69 Å². The lowest BCUT2D eigenvalue weighted by Gasteiger charge is -2.10. The van der Waals surface area contributed by atoms with Crippen LogP contribution in [0.15, 0.2) is 22.8 Å². The molecule has 0 radical (unpaired) electrons. The van der Waals surface area contributed by atoms with Gasteiger partial charge in [-0.15, -0.1) is 5.10 Å². The Kier molecular flexibility index (Phi) is 3.13. The standard InChI is InChI=1S/C12H13BrN4O/c1-6-3-8(13)4-7(2)10(6)17-5-9(12(15)18)11(14)16-17/h3-5H,1-2H3,(H2,14,16)(H2,15,18). The van der Waals surface area contributed by atoms with E-state index in [2.05, 4.69) is 21.0 Å². The van der Waals surface area contributed by atoms with Gasteiger partial charge in [-0.2, -0.15) is 0 Å². The number of carbonyl (C=O) groups is 1. The predicted molar refractivity (Wildman–Crippen MR) is 73.7 cm³/mol. The van der Waals surface area contributed by atoms with Crippen LogP contribution in [0.3, 0.4) is 0 Å². The van der Waals surface area contributed by atoms with Crippen molar-refractivity contribution in [2.24, 2.45) is 5.73 Å². The van der Waals surface area contributed by atoms with Gasteiger partial charge < -0.3 is 11.5 Å². The number of aryl methyl sites for hydroxylation is 2. The highest BCUT2D eigenvalue weighted by Crippen LogP contribution is 2.24. The van der Waals surface area contributed by atoms with Crippen LogP contribution >= 0.6 is 15.9 Å². The molecule has 0 saturated carbocycles. The van der Waals surface area contributed by atoms with E-state index in [1.807, 2.05) is 26.0 Å². The summed E-state index contributed by atoms with van der Waals surface area (Å²) in [6, 6.07) is 3.95. The molecule has 4 N–H and O–H groups in total. The highest BCUT2D eigenvalue weighted by atomic mass is 79.9. The number of hydrogen-bond donors (Lipinski definition) is 2. The first-order chi connectivity index (χ1) is 8.40. The molecule has 1 aromatic carbocycles. The Morgan fingerprint density at radius 3 is 2.33 bits per heavy atom. The van der Waals surface area contributed by atoms with Crippen LogP contribution in [0.2, 0.25) is 0 Å². The average molecular weight is 309 g/mol. The monoisotopic (exact) mass is 308 g/mol. The number of rotatable bonds is 2. The van der Waals surface area contributed by atoms with Gasteiger partial charge in [0.2, 0.25) is 0 Å². The van der Waals surface area contributed by atoms with E-state index in [0.29, 0.717) is 0 Å². The molecule has 1 amide bonds. The van der Waals surface area contributed by atoms with Crippen molar-refractivity contribution in [3.05, 3.63) is 39.5 Å². The molecule has 6 heteroatoms. The minimum absolute atomic E-state index is 0.143. The topological polar surface area (TPSA) is 86.9 Å². The van der Waals surface area contributed by atoms with Gasteiger partial charge in [-0.1, -0.05) is 15.9 Å². The number of anilines is 1. The van der Waals surface area contributed by atoms with Crippen LogP contribution in [0.1, 0.15) is 21.5 Å². The third kappa shape index (κ3) is 2.11. The molecule has 0 atom stereocenters. The van der Waals surface area contributed by atoms with Gasteiger partial charge in [0, 0.05) is 10.7 Å². The molecule has 94 valence electrons. The third-order valence-corrected chi connectivity index (χ3v) is 3.15. The maximum Gasteiger partial charge on any atom is 0.254 e. The molecule has 0 spiro atoms. The van der Waals surface area contributed by atoms with E-state index in [0.717, 1.165) is 21.3 Å². The number of aromatic nitrogens is 2. The Balaban J connectivity index is 2.63. The van der Waals surface area contributed by atoms with Gasteiger partial charge in [-0.3, -0.25) is 4.79 Å². The Hall–Kier alpha value is -1.82. The van der Waals surface area contributed by atoms with Crippen molar-refractivity contribution in [2.75, 3.05) is 5.73 Å². The van der Waals surface area contributed by atoms with Crippen LogP contribution in [0.25, 0.3) is 5.69 Å². The fourth-order valence-corrected chi connectivity index (χ4v) is 2.64. The molecule has 0 saturated heterocycles. The second kappa shape index (κ2) is 4.45. The fourth-order valence-electron chi connectivity index (χ4n) is 1.96. The molecule has 0 unspecified atom stereocenters. The Morgan fingerprint density at radius 2 is 1.89 bits per heavy atom. The molecule has 0 aliphatic heterocycles. The molecule has 2 rings (SSSR count). The first-order valence-electron chi connectivity index (χ1n) is 5.32. The van der Waals surface area contributed by atoms with Gasteiger partial charge in [0.1, 0.15) is 5.56 Å². The van der Waals surface area contributed by atoms with Crippen molar-refractivity contribution in [2.45, 2.75) is 13.8 Å². The summed E-state index contributed by atoms with van der Waals surface area (Å²) in [4.78, 5) is 11.2. The van der Waals surface area contributed by atoms with Crippen LogP contribution < -0.4 is 11.5 Å². The molecular formula is C12H13BrN4O. The number of carbonyl (C=O) groups excluding carboxylic acids is 1. The van der Waals surface area contributed by atoms with Crippen molar-refractivity contribution >= 4 is 27.7 Å². The molecule has 0 bridgehead atoms. The molecule has 0 aliphatic rings. The minimum Gasteiger partial charge on any atom is -0.382 e. The second-order valence-corrected chi connectivity index (χ2v) is 5.04. The van der Waals surface area contributed by atoms with Gasteiger partial charge >= 0.3 is 0 Å². The van der Waals surface area contributed by atoms with Crippen LogP contribution in [0.4, 0.5) is 5.82 Å². The summed E-state index contributed by atoms with van der Waals surface area (Å²) in [6.07, 6.45) is 1.56. The quantitative estimate of drug-likeness (QED) is 0.888. The number of amides is 1. The van der Waals surface area contributed by atoms with Gasteiger partial charge in [-0.25, -0.2) is 4.68 Å². The number of nitrogens with two attached hydrogens (primary N) is 2. The highest BCUT2D eigenvalue weighted by Gasteiger charge is 2.14. The summed E-state index contributed by atoms with van der Waals surface area (Å²) < 4.78 is 2.59. The lowest BCUT2D eigenvalue weighted by Crippen LogP contribution is -2.11. The number of halogens is 1. The molecule has 1 heterocycles. The smallest absolute Gasteiger partial charge is 0.254 e. The SMILES string of the molecule is Cc1cc(Br)cc(C)c1-n1cc(C(N)=O)c(N)n1. The highest BCUT2D eigenvalue weighted by molar-refractivity contribution is 9.10. The van der Waals surface area contributed by atoms with Gasteiger partial charge in [0.05, 0.1) is 5.69 Å². The lowest BCUT2D eigenvalue weighted by atomic mass is 10.1. The summed E-state index contributed by atoms with van der Waals surface area (Å²) in [6.45, 7) is 3.93. The zero-order valence-corrected chi connectivity index (χ0v) is 11.7. The van der Waals surface area contributed by atoms with Crippen LogP contribution in [0.5, 0.6) is 0 Å². The third-order valence-electron chi connectivity index (χ3n) is 2.69. The molecular weight excluding hydrogens is 296 g/mol. The van der Waals surface area contributed by atoms with Gasteiger partial charge in [-0.05, 0) is 37.1 Å². The Morgan fingerprint density at radius 1 is 1.33 bits per heavy atom. The van der Waals surface area contributed by atoms with E-state index in [1.165, 1.54) is 0 Å². The average Bonchev–Trinajstić information content (AvgIpc) is 2.58. The number of benzene rings is 1. The van der Waals surface area contributed by atoms with Gasteiger partial charge in [0.25, 0.3) is 5.91 Å². The van der Waals surface area contributed by atoms with E-state index in [9.17, 15) is 4.79 Å². The second-order valence-electron chi connectivity index (χ2n) is 4.13. The summed E-state index contributed by atoms with van der Waals surface area (Å²) >= 11 is 3.43. The lowest BCUT2D eigenvalue weighted by molar-refractivity contribution is 0.100. The van der Waals surface area contributed by atoms with Crippen LogP contribution in [-0.4, -0.2) is 15.7 Å². The molecule has 18 heavy (non-hydrogen) atoms. The van der Waals surface area contributed by atoms with E-state index < -0.39 is 5.91 Å². The first kappa shape index (κ1) is 12.6. The first-order valence-corrected chi connectivity index (χ1v) is 6.11. The number of hydrogen-bond acceptors (Lipinski definition) is 3. The van der Waals surface area contributed by atoms with E-state index in [1.54, 1.807) is 10.9 Å². The molecule has 1 aromatic heterocycles. The van der Waals surface area contributed by atoms with Gasteiger partial charge in [0.15, 0.2) is 5.82 Å². The molecule has 0 aliphatic carbocycles. The van der Waals surface area contributed by atoms with Crippen molar-refractivity contribution < 1.29 is 4.79 Å². The Bertz CT molecular complexity index is 610. The zero-order valence-electron chi connectivity index (χ0n) is 10.1. The summed E-state index contributed by atoms with van der Waals surface area (Å²) in [7, 11) is 0. The largest absolute Gasteiger partial charge is 0.382 e. The number of primary amides is 1. The normalized spacial score (nSPS) is 10.6. The number of nitrogen functional groups attached to an aromatic ring is 1. The summed E-state index contributed by atoms with van der Waals surface area (Å²) in [5.41, 5.74) is 14.1. The summed E-state index contributed by atoms with van der Waals surface area (Å²) in [5.74, 6) is -0.435. The van der Waals surface area contributed by atoms with Crippen molar-refractivity contribution in [3.63, 3.8) is 0 Å². The van der Waals surface area contributed by atoms with Crippen molar-refractivity contribution in [1.29, 1.82) is 0 Å². The maximum atomic E-state index is 11.2.